The molecule has 2 rings (SSSR count). The average Bonchev–Trinajstić information content (AvgIpc) is 2.78. The first kappa shape index (κ1) is 16.3. The number of primary amides is 1. The van der Waals surface area contributed by atoms with Gasteiger partial charge in [-0.15, -0.1) is 11.3 Å². The summed E-state index contributed by atoms with van der Waals surface area (Å²) in [7, 11) is 0. The molecule has 1 heterocycles. The second-order valence-electron chi connectivity index (χ2n) is 4.92. The molecule has 1 aliphatic rings. The molecule has 0 aromatic carbocycles. The van der Waals surface area contributed by atoms with E-state index in [0.717, 1.165) is 11.3 Å². The number of anilines is 1. The largest absolute Gasteiger partial charge is 0.390 e. The first-order valence-corrected chi connectivity index (χ1v) is 7.21. The van der Waals surface area contributed by atoms with Crippen LogP contribution >= 0.6 is 11.3 Å². The van der Waals surface area contributed by atoms with Crippen LogP contribution < -0.4 is 11.5 Å². The Morgan fingerprint density at radius 1 is 1.55 bits per heavy atom. The number of fused-ring (bicyclic) bond motifs is 1. The summed E-state index contributed by atoms with van der Waals surface area (Å²) in [6, 6.07) is 1.92. The zero-order valence-electron chi connectivity index (χ0n) is 11.4. The molecule has 0 spiro atoms. The molecule has 6 nitrogen and oxygen atoms in total. The predicted octanol–water partition coefficient (Wildman–Crippen LogP) is 1.70. The van der Waals surface area contributed by atoms with Gasteiger partial charge in [-0.05, 0) is 24.8 Å². The maximum absolute atomic E-state index is 12.6. The number of nitriles is 1. The normalized spacial score (nSPS) is 20.7. The highest BCUT2D eigenvalue weighted by molar-refractivity contribution is 7.18. The minimum absolute atomic E-state index is 0.110. The van der Waals surface area contributed by atoms with E-state index in [4.69, 9.17) is 11.5 Å². The summed E-state index contributed by atoms with van der Waals surface area (Å²) in [5, 5.41) is 9.48. The Labute approximate surface area is 128 Å². The van der Waals surface area contributed by atoms with Gasteiger partial charge in [-0.25, -0.2) is 0 Å². The van der Waals surface area contributed by atoms with Crippen molar-refractivity contribution in [2.75, 3.05) is 12.3 Å². The molecule has 22 heavy (non-hydrogen) atoms. The van der Waals surface area contributed by atoms with Gasteiger partial charge >= 0.3 is 6.61 Å². The van der Waals surface area contributed by atoms with Gasteiger partial charge in [0.2, 0.25) is 0 Å². The van der Waals surface area contributed by atoms with Crippen LogP contribution in [-0.4, -0.2) is 24.9 Å². The Morgan fingerprint density at radius 3 is 2.77 bits per heavy atom. The summed E-state index contributed by atoms with van der Waals surface area (Å²) in [5.41, 5.74) is 10.1. The monoisotopic (exact) mass is 329 g/mol. The smallest absolute Gasteiger partial charge is 0.345 e. The number of carbonyl (C=O) groups excluding carboxylic acids is 2. The molecular formula is C13H13F2N3O3S. The molecule has 0 aliphatic heterocycles. The van der Waals surface area contributed by atoms with Gasteiger partial charge < -0.3 is 16.2 Å². The van der Waals surface area contributed by atoms with Crippen molar-refractivity contribution in [3.8, 4) is 6.07 Å². The third kappa shape index (κ3) is 2.67. The van der Waals surface area contributed by atoms with Gasteiger partial charge in [0.05, 0.1) is 28.1 Å². The summed E-state index contributed by atoms with van der Waals surface area (Å²) in [6.45, 7) is -3.36. The molecule has 0 radical (unpaired) electrons. The number of ether oxygens (including phenoxy) is 1. The van der Waals surface area contributed by atoms with Crippen molar-refractivity contribution in [1.82, 2.24) is 0 Å². The zero-order chi connectivity index (χ0) is 16.5. The summed E-state index contributed by atoms with van der Waals surface area (Å²) in [5.74, 6) is -1.24. The number of halogens is 2. The molecule has 0 saturated heterocycles. The number of rotatable bonds is 5. The first-order valence-electron chi connectivity index (χ1n) is 6.39. The first-order chi connectivity index (χ1) is 10.3. The molecule has 0 bridgehead atoms. The van der Waals surface area contributed by atoms with Crippen LogP contribution in [0.2, 0.25) is 0 Å². The fraction of sp³-hybridized carbons (Fsp3) is 0.462. The molecule has 0 saturated carbocycles. The minimum Gasteiger partial charge on any atom is -0.390 e. The maximum Gasteiger partial charge on any atom is 0.345 e. The van der Waals surface area contributed by atoms with Crippen LogP contribution in [-0.2, 0) is 11.2 Å². The fourth-order valence-electron chi connectivity index (χ4n) is 2.57. The van der Waals surface area contributed by atoms with Crippen LogP contribution in [0, 0.1) is 16.7 Å². The summed E-state index contributed by atoms with van der Waals surface area (Å²) >= 11 is 0.898. The molecule has 0 fully saturated rings. The lowest BCUT2D eigenvalue weighted by molar-refractivity contribution is -0.132. The van der Waals surface area contributed by atoms with Crippen LogP contribution in [0.15, 0.2) is 0 Å². The number of carbonyl (C=O) groups is 2. The number of Topliss-reactive ketones (excluding diaryl/α,β-unsaturated/α-hetero) is 1. The highest BCUT2D eigenvalue weighted by atomic mass is 32.1. The maximum atomic E-state index is 12.6. The topological polar surface area (TPSA) is 119 Å². The number of alkyl halides is 2. The Balaban J connectivity index is 2.33. The van der Waals surface area contributed by atoms with Crippen molar-refractivity contribution in [2.24, 2.45) is 11.1 Å². The molecule has 9 heteroatoms. The fourth-order valence-corrected chi connectivity index (χ4v) is 3.73. The summed E-state index contributed by atoms with van der Waals surface area (Å²) in [4.78, 5) is 24.2. The Kier molecular flexibility index (Phi) is 4.44. The predicted molar refractivity (Wildman–Crippen MR) is 74.5 cm³/mol. The van der Waals surface area contributed by atoms with Gasteiger partial charge in [0.1, 0.15) is 5.41 Å². The lowest BCUT2D eigenvalue weighted by Crippen LogP contribution is -2.36. The van der Waals surface area contributed by atoms with Crippen LogP contribution in [0.4, 0.5) is 13.8 Å². The Bertz CT molecular complexity index is 668. The Hall–Kier alpha value is -2.05. The highest BCUT2D eigenvalue weighted by Gasteiger charge is 2.45. The molecule has 1 atom stereocenters. The molecule has 118 valence electrons. The lowest BCUT2D eigenvalue weighted by Gasteiger charge is -2.29. The van der Waals surface area contributed by atoms with Crippen LogP contribution in [0.1, 0.15) is 38.4 Å². The molecule has 1 aromatic rings. The van der Waals surface area contributed by atoms with Crippen LogP contribution in [0.5, 0.6) is 0 Å². The minimum atomic E-state index is -2.95. The van der Waals surface area contributed by atoms with Crippen molar-refractivity contribution in [3.63, 3.8) is 0 Å². The van der Waals surface area contributed by atoms with E-state index in [9.17, 15) is 23.6 Å². The van der Waals surface area contributed by atoms with Gasteiger partial charge in [-0.2, -0.15) is 14.0 Å². The van der Waals surface area contributed by atoms with Crippen molar-refractivity contribution in [1.29, 1.82) is 5.26 Å². The van der Waals surface area contributed by atoms with E-state index in [1.54, 1.807) is 0 Å². The van der Waals surface area contributed by atoms with Gasteiger partial charge in [-0.1, -0.05) is 0 Å². The van der Waals surface area contributed by atoms with E-state index in [-0.39, 0.29) is 34.7 Å². The van der Waals surface area contributed by atoms with Crippen LogP contribution in [0.3, 0.4) is 0 Å². The number of hydrogen-bond acceptors (Lipinski definition) is 6. The molecular weight excluding hydrogens is 316 g/mol. The third-order valence-electron chi connectivity index (χ3n) is 3.71. The second kappa shape index (κ2) is 5.98. The second-order valence-corrected chi connectivity index (χ2v) is 5.97. The molecule has 1 unspecified atom stereocenters. The summed E-state index contributed by atoms with van der Waals surface area (Å²) < 4.78 is 28.2. The van der Waals surface area contributed by atoms with E-state index >= 15 is 0 Å². The Morgan fingerprint density at radius 2 is 2.23 bits per heavy atom. The van der Waals surface area contributed by atoms with Crippen molar-refractivity contribution >= 4 is 28.0 Å². The third-order valence-corrected chi connectivity index (χ3v) is 4.77. The lowest BCUT2D eigenvalue weighted by atomic mass is 9.71. The van der Waals surface area contributed by atoms with Crippen molar-refractivity contribution in [2.45, 2.75) is 25.9 Å². The molecule has 1 aliphatic carbocycles. The number of nitrogen functional groups attached to an aromatic ring is 1. The van der Waals surface area contributed by atoms with Crippen LogP contribution in [0.25, 0.3) is 0 Å². The van der Waals surface area contributed by atoms with Gasteiger partial charge in [0.25, 0.3) is 5.91 Å². The quantitative estimate of drug-likeness (QED) is 0.852. The number of hydrogen-bond donors (Lipinski definition) is 2. The van der Waals surface area contributed by atoms with E-state index in [1.165, 1.54) is 0 Å². The van der Waals surface area contributed by atoms with Gasteiger partial charge in [0.15, 0.2) is 5.78 Å². The van der Waals surface area contributed by atoms with Crippen molar-refractivity contribution in [3.05, 3.63) is 16.0 Å². The van der Waals surface area contributed by atoms with Gasteiger partial charge in [-0.3, -0.25) is 9.59 Å². The number of nitrogens with zero attached hydrogens (tertiary/aromatic N) is 1. The SMILES string of the molecule is N#CC1(CCOC(F)F)CCc2c(sc(N)c2C(N)=O)C1=O. The molecule has 4 N–H and O–H groups in total. The van der Waals surface area contributed by atoms with E-state index in [1.807, 2.05) is 6.07 Å². The molecule has 1 amide bonds. The highest BCUT2D eigenvalue weighted by Crippen LogP contribution is 2.44. The zero-order valence-corrected chi connectivity index (χ0v) is 12.2. The average molecular weight is 329 g/mol. The van der Waals surface area contributed by atoms with E-state index < -0.39 is 30.3 Å². The number of amides is 1. The number of ketones is 1. The standard InChI is InChI=1S/C13H13F2N3O3S/c14-12(15)21-4-3-13(5-16)2-1-6-7(10(17)20)11(18)22-8(6)9(13)19/h12H,1-4,18H2,(H2,17,20). The van der Waals surface area contributed by atoms with Gasteiger partial charge in [0, 0.05) is 0 Å². The summed E-state index contributed by atoms with van der Waals surface area (Å²) in [6.07, 6.45) is 0.226. The number of thiophene rings is 1. The van der Waals surface area contributed by atoms with E-state index in [2.05, 4.69) is 4.74 Å². The number of nitrogens with two attached hydrogens (primary N) is 2. The molecule has 1 aromatic heterocycles. The van der Waals surface area contributed by atoms with E-state index in [0.29, 0.717) is 5.56 Å². The van der Waals surface area contributed by atoms with Crippen molar-refractivity contribution < 1.29 is 23.1 Å².